The normalized spacial score (nSPS) is 0. The number of hydrogen-bond donors (Lipinski definition) is 0. The third-order valence-electron chi connectivity index (χ3n) is 0. The van der Waals surface area contributed by atoms with Crippen LogP contribution in [0.1, 0.15) is 66.8 Å². The monoisotopic (exact) mass is 204 g/mol. The van der Waals surface area contributed by atoms with E-state index in [1.54, 1.807) is 0 Å². The molecule has 0 rings (SSSR count). The van der Waals surface area contributed by atoms with Gasteiger partial charge in [0.15, 0.2) is 0 Å². The first kappa shape index (κ1) is 6080. The fraction of sp³-hybridized carbons (Fsp3) is 0.692. The van der Waals surface area contributed by atoms with Crippen LogP contribution in [0, 0.1) is 29.7 Å². The van der Waals surface area contributed by atoms with Gasteiger partial charge >= 0.3 is 0 Å². The maximum atomic E-state index is 0. The van der Waals surface area contributed by atoms with Crippen LogP contribution in [-0.2, 0) is 0 Å². The summed E-state index contributed by atoms with van der Waals surface area (Å²) >= 11 is 0. The SMILES string of the molecule is C.C.C.C.C.C.C.C.C.[CH3+].[CH3+].[CH3+].[CH3+]. The molecule has 0 fully saturated rings. The Hall–Kier alpha value is -0.520. The van der Waals surface area contributed by atoms with E-state index >= 15 is 0 Å². The average molecular weight is 205 g/mol. The molecule has 0 saturated heterocycles. The van der Waals surface area contributed by atoms with Gasteiger partial charge in [0.05, 0.1) is 0 Å². The minimum absolute atomic E-state index is 0. The molecule has 0 radical (unpaired) electrons. The molecule has 0 saturated carbocycles. The molecule has 96 valence electrons. The standard InChI is InChI=1S/9CH4.4CH3/h9*1H4;4*1H3/q;;;;;;;;;4*+1. The lowest BCUT2D eigenvalue weighted by Crippen LogP contribution is 0.0803. The molecular weight excluding hydrogens is 156 g/mol. The summed E-state index contributed by atoms with van der Waals surface area (Å²) in [5, 5.41) is 0. The van der Waals surface area contributed by atoms with Gasteiger partial charge in [-0.1, -0.05) is 66.8 Å². The van der Waals surface area contributed by atoms with Crippen LogP contribution >= 0.6 is 0 Å². The van der Waals surface area contributed by atoms with Gasteiger partial charge in [-0.2, -0.15) is 0 Å². The smallest absolute Gasteiger partial charge is 0.0467 e. The zero-order valence-electron chi connectivity index (χ0n) is 4.00. The highest BCUT2D eigenvalue weighted by molar-refractivity contribution is 3.25. The molecule has 0 heteroatoms. The lowest BCUT2D eigenvalue weighted by atomic mass is 12.0. The topological polar surface area (TPSA) is 0 Å². The largest absolute Gasteiger partial charge is 0.0776 e. The van der Waals surface area contributed by atoms with Gasteiger partial charge in [-0.15, -0.1) is 0 Å². The molecular formula is C13H48+4. The van der Waals surface area contributed by atoms with E-state index in [0.717, 1.165) is 0 Å². The van der Waals surface area contributed by atoms with E-state index in [9.17, 15) is 0 Å². The van der Waals surface area contributed by atoms with Gasteiger partial charge in [-0.05, 0) is 0 Å². The van der Waals surface area contributed by atoms with Gasteiger partial charge in [-0.3, -0.25) is 0 Å². The summed E-state index contributed by atoms with van der Waals surface area (Å²) in [6.45, 7) is 0. The summed E-state index contributed by atoms with van der Waals surface area (Å²) in [7, 11) is 0. The first-order valence-corrected chi connectivity index (χ1v) is 0. The van der Waals surface area contributed by atoms with Crippen LogP contribution < -0.4 is 0 Å². The molecule has 0 aliphatic heterocycles. The maximum Gasteiger partial charge on any atom is 0.0467 e. The van der Waals surface area contributed by atoms with Crippen LogP contribution in [0.2, 0.25) is 0 Å². The first-order chi connectivity index (χ1) is 0. The fourth-order valence-corrected chi connectivity index (χ4v) is 0. The lowest BCUT2D eigenvalue weighted by molar-refractivity contribution is 2.50. The molecule has 0 heterocycles. The van der Waals surface area contributed by atoms with Crippen molar-refractivity contribution in [3.8, 4) is 0 Å². The first-order valence-electron chi connectivity index (χ1n) is 0. The molecule has 0 aromatic carbocycles. The average Bonchev–Trinajstić information content (AvgIpc) is 0. The summed E-state index contributed by atoms with van der Waals surface area (Å²) in [5.74, 6) is 0. The molecule has 0 aliphatic carbocycles. The van der Waals surface area contributed by atoms with E-state index in [1.807, 2.05) is 0 Å². The predicted octanol–water partition coefficient (Wildman–Crippen LogP) is 7.53. The van der Waals surface area contributed by atoms with E-state index in [-0.39, 0.29) is 96.5 Å². The van der Waals surface area contributed by atoms with Crippen molar-refractivity contribution in [2.24, 2.45) is 0 Å². The Morgan fingerprint density at radius 1 is 0.154 bits per heavy atom. The van der Waals surface area contributed by atoms with Crippen molar-refractivity contribution in [3.05, 3.63) is 29.7 Å². The zero-order chi connectivity index (χ0) is 0. The molecule has 0 spiro atoms. The van der Waals surface area contributed by atoms with Gasteiger partial charge in [0, 0.05) is 29.7 Å². The van der Waals surface area contributed by atoms with Crippen LogP contribution in [0.4, 0.5) is 0 Å². The molecule has 0 bridgehead atoms. The van der Waals surface area contributed by atoms with E-state index < -0.39 is 0 Å². The molecule has 0 aromatic rings. The summed E-state index contributed by atoms with van der Waals surface area (Å²) in [6, 6.07) is 0. The Morgan fingerprint density at radius 3 is 0.154 bits per heavy atom. The van der Waals surface area contributed by atoms with Gasteiger partial charge in [0.25, 0.3) is 0 Å². The molecule has 13 heavy (non-hydrogen) atoms. The molecule has 0 aliphatic rings. The molecule has 0 amide bonds. The summed E-state index contributed by atoms with van der Waals surface area (Å²) in [4.78, 5) is 0. The quantitative estimate of drug-likeness (QED) is 0.358. The summed E-state index contributed by atoms with van der Waals surface area (Å²) in [5.41, 5.74) is 0. The number of hydrogen-bond acceptors (Lipinski definition) is 0. The Kier molecular flexibility index (Phi) is 2180000. The molecule has 0 aromatic heterocycles. The van der Waals surface area contributed by atoms with Crippen LogP contribution in [0.15, 0.2) is 0 Å². The van der Waals surface area contributed by atoms with E-state index in [2.05, 4.69) is 0 Å². The highest BCUT2D eigenvalue weighted by Crippen LogP contribution is 0.153. The summed E-state index contributed by atoms with van der Waals surface area (Å²) < 4.78 is 0. The fourth-order valence-electron chi connectivity index (χ4n) is 0. The van der Waals surface area contributed by atoms with E-state index in [0.29, 0.717) is 0 Å². The van der Waals surface area contributed by atoms with Crippen molar-refractivity contribution in [1.29, 1.82) is 0 Å². The molecule has 0 nitrogen and oxygen atoms in total. The van der Waals surface area contributed by atoms with Crippen LogP contribution in [0.3, 0.4) is 0 Å². The van der Waals surface area contributed by atoms with Crippen molar-refractivity contribution in [2.75, 3.05) is 0 Å². The Morgan fingerprint density at radius 2 is 0.154 bits per heavy atom. The van der Waals surface area contributed by atoms with Gasteiger partial charge in [-0.25, -0.2) is 0 Å². The second-order valence-corrected chi connectivity index (χ2v) is 0. The van der Waals surface area contributed by atoms with Crippen molar-refractivity contribution in [2.45, 2.75) is 66.8 Å². The van der Waals surface area contributed by atoms with Crippen LogP contribution in [0.5, 0.6) is 0 Å². The van der Waals surface area contributed by atoms with Gasteiger partial charge in [0.2, 0.25) is 0 Å². The Balaban J connectivity index is 0. The van der Waals surface area contributed by atoms with Crippen molar-refractivity contribution in [3.63, 3.8) is 0 Å². The molecule has 0 N–H and O–H groups in total. The van der Waals surface area contributed by atoms with Crippen LogP contribution in [0.25, 0.3) is 0 Å². The lowest BCUT2D eigenvalue weighted by Gasteiger charge is -0.0786. The second-order valence-electron chi connectivity index (χ2n) is 0. The zero-order valence-corrected chi connectivity index (χ0v) is 4.00. The van der Waals surface area contributed by atoms with Crippen molar-refractivity contribution in [1.82, 2.24) is 0 Å². The number of rotatable bonds is 0. The van der Waals surface area contributed by atoms with Gasteiger partial charge in [0.1, 0.15) is 0 Å². The second kappa shape index (κ2) is 4660. The third-order valence-corrected chi connectivity index (χ3v) is 0. The minimum Gasteiger partial charge on any atom is -0.0776 e. The van der Waals surface area contributed by atoms with Crippen molar-refractivity contribution < 1.29 is 0 Å². The Bertz CT molecular complexity index is 0. The molecule has 0 atom stereocenters. The highest BCUT2D eigenvalue weighted by Gasteiger charge is 0.0500. The van der Waals surface area contributed by atoms with Crippen molar-refractivity contribution >= 4 is 0 Å². The van der Waals surface area contributed by atoms with Gasteiger partial charge < -0.3 is 0 Å². The third kappa shape index (κ3) is 3820. The maximum absolute atomic E-state index is 0. The van der Waals surface area contributed by atoms with Crippen LogP contribution in [-0.4, -0.2) is 0 Å². The predicted molar refractivity (Wildman–Crippen MR) is 86.2 cm³/mol. The minimum atomic E-state index is 0. The van der Waals surface area contributed by atoms with E-state index in [1.165, 1.54) is 0 Å². The highest BCUT2D eigenvalue weighted by atomic mass is 12.0. The Labute approximate surface area is 97.2 Å². The molecule has 0 unspecified atom stereocenters. The van der Waals surface area contributed by atoms with E-state index in [4.69, 9.17) is 0 Å². The summed E-state index contributed by atoms with van der Waals surface area (Å²) in [6.07, 6.45) is 0.